The molecule has 0 aliphatic carbocycles. The zero-order valence-electron chi connectivity index (χ0n) is 10.5. The van der Waals surface area contributed by atoms with Gasteiger partial charge in [0.25, 0.3) is 0 Å². The highest BCUT2D eigenvalue weighted by Crippen LogP contribution is 2.38. The summed E-state index contributed by atoms with van der Waals surface area (Å²) in [5, 5.41) is 3.53. The molecule has 21 heavy (non-hydrogen) atoms. The molecule has 0 radical (unpaired) electrons. The van der Waals surface area contributed by atoms with Crippen LogP contribution in [-0.2, 0) is 0 Å². The third-order valence-corrected chi connectivity index (χ3v) is 2.94. The summed E-state index contributed by atoms with van der Waals surface area (Å²) < 4.78 is 45.7. The number of halogens is 3. The minimum absolute atomic E-state index is 0.0265. The van der Waals surface area contributed by atoms with Gasteiger partial charge in [0, 0.05) is 17.8 Å². The van der Waals surface area contributed by atoms with Crippen molar-refractivity contribution in [1.29, 1.82) is 0 Å². The van der Waals surface area contributed by atoms with Crippen LogP contribution in [0.2, 0.25) is 0 Å². The van der Waals surface area contributed by atoms with Crippen LogP contribution in [0.25, 0.3) is 22.5 Å². The number of hydrogen-bond acceptors (Lipinski definition) is 4. The minimum Gasteiger partial charge on any atom is -0.380 e. The van der Waals surface area contributed by atoms with E-state index in [4.69, 9.17) is 10.3 Å². The Labute approximate surface area is 117 Å². The molecule has 2 N–H and O–H groups in total. The van der Waals surface area contributed by atoms with Gasteiger partial charge in [-0.15, -0.1) is 0 Å². The fourth-order valence-electron chi connectivity index (χ4n) is 2.00. The number of aromatic nitrogens is 2. The van der Waals surface area contributed by atoms with E-state index in [1.165, 1.54) is 18.3 Å². The molecule has 3 rings (SSSR count). The molecule has 3 aromatic rings. The Morgan fingerprint density at radius 1 is 1.00 bits per heavy atom. The van der Waals surface area contributed by atoms with Crippen molar-refractivity contribution >= 4 is 5.82 Å². The Kier molecular flexibility index (Phi) is 3.09. The quantitative estimate of drug-likeness (QED) is 0.786. The van der Waals surface area contributed by atoms with Crippen LogP contribution in [0.4, 0.5) is 19.0 Å². The van der Waals surface area contributed by atoms with Gasteiger partial charge in [-0.1, -0.05) is 5.16 Å². The van der Waals surface area contributed by atoms with E-state index in [-0.39, 0.29) is 28.3 Å². The van der Waals surface area contributed by atoms with Crippen molar-refractivity contribution in [3.05, 3.63) is 54.1 Å². The smallest absolute Gasteiger partial charge is 0.180 e. The van der Waals surface area contributed by atoms with Crippen molar-refractivity contribution in [3.63, 3.8) is 0 Å². The standard InChI is InChI=1S/C14H8F3N3O/c15-7-1-2-8(10(16)5-7)12-13(21-20-14(12)18)9-3-4-19-6-11(9)17/h1-6H,(H2,18,20). The number of rotatable bonds is 2. The second-order valence-electron chi connectivity index (χ2n) is 4.25. The van der Waals surface area contributed by atoms with E-state index in [0.717, 1.165) is 12.3 Å². The number of nitrogen functional groups attached to an aromatic ring is 1. The summed E-state index contributed by atoms with van der Waals surface area (Å²) in [4.78, 5) is 3.62. The van der Waals surface area contributed by atoms with Gasteiger partial charge in [0.05, 0.1) is 17.3 Å². The molecule has 0 bridgehead atoms. The topological polar surface area (TPSA) is 64.9 Å². The van der Waals surface area contributed by atoms with Crippen LogP contribution in [0.5, 0.6) is 0 Å². The maximum Gasteiger partial charge on any atom is 0.180 e. The number of pyridine rings is 1. The van der Waals surface area contributed by atoms with Gasteiger partial charge >= 0.3 is 0 Å². The summed E-state index contributed by atoms with van der Waals surface area (Å²) in [5.41, 5.74) is 5.74. The molecular formula is C14H8F3N3O. The average Bonchev–Trinajstić information content (AvgIpc) is 2.81. The lowest BCUT2D eigenvalue weighted by Crippen LogP contribution is -1.93. The van der Waals surface area contributed by atoms with Crippen molar-refractivity contribution < 1.29 is 17.7 Å². The fraction of sp³-hybridized carbons (Fsp3) is 0. The molecule has 0 unspecified atom stereocenters. The largest absolute Gasteiger partial charge is 0.380 e. The fourth-order valence-corrected chi connectivity index (χ4v) is 2.00. The van der Waals surface area contributed by atoms with Crippen LogP contribution in [0, 0.1) is 17.5 Å². The summed E-state index contributed by atoms with van der Waals surface area (Å²) in [6.45, 7) is 0. The van der Waals surface area contributed by atoms with Crippen LogP contribution in [0.1, 0.15) is 0 Å². The van der Waals surface area contributed by atoms with Crippen molar-refractivity contribution in [3.8, 4) is 22.5 Å². The van der Waals surface area contributed by atoms with E-state index in [0.29, 0.717) is 6.07 Å². The first-order chi connectivity index (χ1) is 10.1. The van der Waals surface area contributed by atoms with E-state index in [1.807, 2.05) is 0 Å². The van der Waals surface area contributed by atoms with Crippen molar-refractivity contribution in [1.82, 2.24) is 10.1 Å². The van der Waals surface area contributed by atoms with Crippen LogP contribution < -0.4 is 5.73 Å². The Hall–Kier alpha value is -2.83. The van der Waals surface area contributed by atoms with E-state index in [2.05, 4.69) is 10.1 Å². The van der Waals surface area contributed by atoms with Crippen LogP contribution in [0.3, 0.4) is 0 Å². The molecule has 106 valence electrons. The van der Waals surface area contributed by atoms with Crippen molar-refractivity contribution in [2.45, 2.75) is 0 Å². The third-order valence-electron chi connectivity index (χ3n) is 2.94. The first kappa shape index (κ1) is 13.2. The lowest BCUT2D eigenvalue weighted by atomic mass is 10.0. The summed E-state index contributed by atoms with van der Waals surface area (Å²) in [6, 6.07) is 4.31. The SMILES string of the molecule is Nc1noc(-c2ccncc2F)c1-c1ccc(F)cc1F. The van der Waals surface area contributed by atoms with Crippen LogP contribution >= 0.6 is 0 Å². The van der Waals surface area contributed by atoms with Gasteiger partial charge in [0.15, 0.2) is 17.4 Å². The molecule has 0 atom stereocenters. The predicted octanol–water partition coefficient (Wildman–Crippen LogP) is 3.40. The van der Waals surface area contributed by atoms with Gasteiger partial charge in [-0.05, 0) is 18.2 Å². The number of anilines is 1. The first-order valence-electron chi connectivity index (χ1n) is 5.88. The Balaban J connectivity index is 2.25. The average molecular weight is 291 g/mol. The van der Waals surface area contributed by atoms with Gasteiger partial charge in [-0.3, -0.25) is 4.98 Å². The third kappa shape index (κ3) is 2.22. The van der Waals surface area contributed by atoms with Gasteiger partial charge in [0.2, 0.25) is 0 Å². The lowest BCUT2D eigenvalue weighted by Gasteiger charge is -2.05. The minimum atomic E-state index is -0.847. The van der Waals surface area contributed by atoms with Crippen LogP contribution in [-0.4, -0.2) is 10.1 Å². The Bertz CT molecular complexity index is 817. The second-order valence-corrected chi connectivity index (χ2v) is 4.25. The first-order valence-corrected chi connectivity index (χ1v) is 5.88. The van der Waals surface area contributed by atoms with E-state index in [9.17, 15) is 13.2 Å². The molecule has 0 amide bonds. The summed E-state index contributed by atoms with van der Waals surface area (Å²) in [7, 11) is 0. The molecule has 7 heteroatoms. The van der Waals surface area contributed by atoms with E-state index >= 15 is 0 Å². The van der Waals surface area contributed by atoms with Crippen molar-refractivity contribution in [2.24, 2.45) is 0 Å². The van der Waals surface area contributed by atoms with E-state index < -0.39 is 17.5 Å². The van der Waals surface area contributed by atoms with Gasteiger partial charge in [-0.25, -0.2) is 13.2 Å². The monoisotopic (exact) mass is 291 g/mol. The highest BCUT2D eigenvalue weighted by Gasteiger charge is 2.22. The molecule has 0 spiro atoms. The predicted molar refractivity (Wildman–Crippen MR) is 69.5 cm³/mol. The molecule has 0 saturated carbocycles. The van der Waals surface area contributed by atoms with Crippen molar-refractivity contribution in [2.75, 3.05) is 5.73 Å². The molecule has 2 aromatic heterocycles. The van der Waals surface area contributed by atoms with Gasteiger partial charge < -0.3 is 10.3 Å². The second kappa shape index (κ2) is 4.93. The molecule has 0 saturated heterocycles. The number of hydrogen-bond donors (Lipinski definition) is 1. The zero-order chi connectivity index (χ0) is 15.0. The summed E-state index contributed by atoms with van der Waals surface area (Å²) in [6.07, 6.45) is 2.33. The molecule has 2 heterocycles. The molecule has 0 fully saturated rings. The molecule has 0 aliphatic heterocycles. The maximum absolute atomic E-state index is 13.9. The van der Waals surface area contributed by atoms with Crippen LogP contribution in [0.15, 0.2) is 41.2 Å². The Morgan fingerprint density at radius 2 is 1.81 bits per heavy atom. The summed E-state index contributed by atoms with van der Waals surface area (Å²) in [5.74, 6) is -2.41. The number of nitrogens with two attached hydrogens (primary N) is 1. The van der Waals surface area contributed by atoms with E-state index in [1.54, 1.807) is 0 Å². The van der Waals surface area contributed by atoms with Gasteiger partial charge in [0.1, 0.15) is 11.6 Å². The number of nitrogens with zero attached hydrogens (tertiary/aromatic N) is 2. The zero-order valence-corrected chi connectivity index (χ0v) is 10.5. The highest BCUT2D eigenvalue weighted by atomic mass is 19.1. The Morgan fingerprint density at radius 3 is 2.52 bits per heavy atom. The number of benzene rings is 1. The molecule has 1 aromatic carbocycles. The highest BCUT2D eigenvalue weighted by molar-refractivity contribution is 5.86. The maximum atomic E-state index is 13.9. The van der Waals surface area contributed by atoms with Gasteiger partial charge in [-0.2, -0.15) is 0 Å². The molecule has 0 aliphatic rings. The normalized spacial score (nSPS) is 10.8. The molecule has 4 nitrogen and oxygen atoms in total. The molecular weight excluding hydrogens is 283 g/mol. The lowest BCUT2D eigenvalue weighted by molar-refractivity contribution is 0.433. The summed E-state index contributed by atoms with van der Waals surface area (Å²) >= 11 is 0.